The first-order chi connectivity index (χ1) is 7.63. The van der Waals surface area contributed by atoms with Crippen LogP contribution in [0, 0.1) is 0 Å². The number of nitrogens with one attached hydrogen (secondary N) is 2. The van der Waals surface area contributed by atoms with Gasteiger partial charge in [-0.3, -0.25) is 5.32 Å². The van der Waals surface area contributed by atoms with Crippen LogP contribution in [0.25, 0.3) is 0 Å². The fourth-order valence-corrected chi connectivity index (χ4v) is 1.61. The molecule has 0 atom stereocenters. The van der Waals surface area contributed by atoms with Crippen molar-refractivity contribution in [3.05, 3.63) is 36.3 Å². The Morgan fingerprint density at radius 1 is 1.38 bits per heavy atom. The number of benzene rings is 1. The fourth-order valence-electron chi connectivity index (χ4n) is 1.03. The lowest BCUT2D eigenvalue weighted by Gasteiger charge is -2.08. The number of thioether (sulfide) groups is 1. The Hall–Kier alpha value is -1.95. The zero-order valence-electron chi connectivity index (χ0n) is 8.40. The highest BCUT2D eigenvalue weighted by molar-refractivity contribution is 8.02. The van der Waals surface area contributed by atoms with E-state index in [9.17, 15) is 9.59 Å². The van der Waals surface area contributed by atoms with Gasteiger partial charge in [0.2, 0.25) is 0 Å². The molecule has 0 unspecified atom stereocenters. The molecule has 0 saturated carbocycles. The molecule has 0 bridgehead atoms. The number of carbonyl (C=O) groups is 2. The van der Waals surface area contributed by atoms with Gasteiger partial charge in [0.05, 0.1) is 5.69 Å². The van der Waals surface area contributed by atoms with Crippen molar-refractivity contribution in [2.75, 3.05) is 5.32 Å². The zero-order chi connectivity index (χ0) is 12.0. The number of amides is 4. The Labute approximate surface area is 97.1 Å². The molecule has 0 aliphatic rings. The fraction of sp³-hybridized carbons (Fsp3) is 0. The second-order valence-corrected chi connectivity index (χ2v) is 3.73. The molecule has 16 heavy (non-hydrogen) atoms. The van der Waals surface area contributed by atoms with E-state index < -0.39 is 12.1 Å². The molecular formula is C10H11N3O2S. The average Bonchev–Trinajstić information content (AvgIpc) is 2.20. The van der Waals surface area contributed by atoms with Crippen molar-refractivity contribution in [1.29, 1.82) is 0 Å². The average molecular weight is 237 g/mol. The minimum absolute atomic E-state index is 0.589. The van der Waals surface area contributed by atoms with Gasteiger partial charge in [0.15, 0.2) is 0 Å². The minimum Gasteiger partial charge on any atom is -0.351 e. The molecule has 6 heteroatoms. The van der Waals surface area contributed by atoms with Crippen molar-refractivity contribution in [2.24, 2.45) is 5.73 Å². The van der Waals surface area contributed by atoms with Gasteiger partial charge in [-0.1, -0.05) is 30.5 Å². The lowest BCUT2D eigenvalue weighted by molar-refractivity contribution is 0.238. The summed E-state index contributed by atoms with van der Waals surface area (Å²) in [6.07, 6.45) is 0. The normalized spacial score (nSPS) is 9.25. The number of anilines is 1. The summed E-state index contributed by atoms with van der Waals surface area (Å²) in [7, 11) is 0. The van der Waals surface area contributed by atoms with Crippen LogP contribution in [0.15, 0.2) is 41.1 Å². The number of carbonyl (C=O) groups excluding carboxylic acids is 2. The Bertz CT molecular complexity index is 420. The molecule has 84 valence electrons. The Kier molecular flexibility index (Phi) is 4.41. The highest BCUT2D eigenvalue weighted by atomic mass is 32.2. The van der Waals surface area contributed by atoms with E-state index in [2.05, 4.69) is 11.9 Å². The number of rotatable bonds is 3. The maximum atomic E-state index is 11.2. The largest absolute Gasteiger partial charge is 0.351 e. The van der Waals surface area contributed by atoms with E-state index in [-0.39, 0.29) is 0 Å². The van der Waals surface area contributed by atoms with Crippen molar-refractivity contribution >= 4 is 29.5 Å². The monoisotopic (exact) mass is 237 g/mol. The number of urea groups is 2. The molecule has 5 nitrogen and oxygen atoms in total. The lowest BCUT2D eigenvalue weighted by Crippen LogP contribution is -2.38. The molecule has 4 amide bonds. The topological polar surface area (TPSA) is 84.2 Å². The van der Waals surface area contributed by atoms with E-state index in [1.54, 1.807) is 17.5 Å². The van der Waals surface area contributed by atoms with Gasteiger partial charge in [-0.15, -0.1) is 0 Å². The van der Waals surface area contributed by atoms with Crippen LogP contribution >= 0.6 is 11.8 Å². The predicted octanol–water partition coefficient (Wildman–Crippen LogP) is 2.12. The number of imide groups is 1. The summed E-state index contributed by atoms with van der Waals surface area (Å²) >= 11 is 1.37. The molecule has 1 aromatic rings. The predicted molar refractivity (Wildman–Crippen MR) is 64.2 cm³/mol. The molecule has 0 aromatic heterocycles. The van der Waals surface area contributed by atoms with Crippen LogP contribution in [0.2, 0.25) is 0 Å². The summed E-state index contributed by atoms with van der Waals surface area (Å²) in [4.78, 5) is 22.5. The summed E-state index contributed by atoms with van der Waals surface area (Å²) in [6.45, 7) is 3.59. The van der Waals surface area contributed by atoms with E-state index in [1.807, 2.05) is 17.4 Å². The van der Waals surface area contributed by atoms with Crippen molar-refractivity contribution in [3.8, 4) is 0 Å². The van der Waals surface area contributed by atoms with E-state index in [0.29, 0.717) is 5.69 Å². The van der Waals surface area contributed by atoms with Crippen molar-refractivity contribution < 1.29 is 9.59 Å². The summed E-state index contributed by atoms with van der Waals surface area (Å²) in [5, 5.41) is 6.07. The van der Waals surface area contributed by atoms with Crippen molar-refractivity contribution in [2.45, 2.75) is 4.90 Å². The minimum atomic E-state index is -0.897. The summed E-state index contributed by atoms with van der Waals surface area (Å²) < 4.78 is 0. The number of hydrogen-bond donors (Lipinski definition) is 3. The third-order valence-electron chi connectivity index (χ3n) is 1.58. The molecule has 0 aliphatic heterocycles. The Balaban J connectivity index is 2.75. The van der Waals surface area contributed by atoms with Crippen molar-refractivity contribution in [3.63, 3.8) is 0 Å². The van der Waals surface area contributed by atoms with Crippen LogP contribution in [0.5, 0.6) is 0 Å². The molecule has 0 spiro atoms. The molecule has 0 aliphatic carbocycles. The van der Waals surface area contributed by atoms with Crippen LogP contribution in [0.3, 0.4) is 0 Å². The quantitative estimate of drug-likeness (QED) is 0.704. The van der Waals surface area contributed by atoms with E-state index in [1.165, 1.54) is 11.8 Å². The SMILES string of the molecule is C=CSc1ccccc1NC(=O)NC(N)=O. The molecule has 0 heterocycles. The maximum absolute atomic E-state index is 11.2. The summed E-state index contributed by atoms with van der Waals surface area (Å²) in [6, 6.07) is 5.59. The van der Waals surface area contributed by atoms with Crippen LogP contribution in [-0.4, -0.2) is 12.1 Å². The molecule has 4 N–H and O–H groups in total. The van der Waals surface area contributed by atoms with Gasteiger partial charge < -0.3 is 11.1 Å². The Morgan fingerprint density at radius 2 is 2.06 bits per heavy atom. The maximum Gasteiger partial charge on any atom is 0.327 e. The molecule has 1 rings (SSSR count). The second-order valence-electron chi connectivity index (χ2n) is 2.72. The molecule has 0 saturated heterocycles. The van der Waals surface area contributed by atoms with Crippen LogP contribution < -0.4 is 16.4 Å². The smallest absolute Gasteiger partial charge is 0.327 e. The lowest BCUT2D eigenvalue weighted by atomic mass is 10.3. The van der Waals surface area contributed by atoms with Gasteiger partial charge in [-0.05, 0) is 17.5 Å². The number of para-hydroxylation sites is 1. The van der Waals surface area contributed by atoms with Gasteiger partial charge in [0.25, 0.3) is 0 Å². The summed E-state index contributed by atoms with van der Waals surface area (Å²) in [5.74, 6) is 0. The summed E-state index contributed by atoms with van der Waals surface area (Å²) in [5.41, 5.74) is 5.40. The first kappa shape index (κ1) is 12.1. The molecular weight excluding hydrogens is 226 g/mol. The van der Waals surface area contributed by atoms with E-state index >= 15 is 0 Å². The number of nitrogens with two attached hydrogens (primary N) is 1. The number of primary amides is 1. The third-order valence-corrected chi connectivity index (χ3v) is 2.36. The van der Waals surface area contributed by atoms with Gasteiger partial charge >= 0.3 is 12.1 Å². The second kappa shape index (κ2) is 5.82. The van der Waals surface area contributed by atoms with Crippen LogP contribution in [0.4, 0.5) is 15.3 Å². The zero-order valence-corrected chi connectivity index (χ0v) is 9.21. The molecule has 0 fully saturated rings. The van der Waals surface area contributed by atoms with E-state index in [4.69, 9.17) is 5.73 Å². The third kappa shape index (κ3) is 3.66. The standard InChI is InChI=1S/C10H11N3O2S/c1-2-16-8-6-4-3-5-7(8)12-10(15)13-9(11)14/h2-6H,1H2,(H4,11,12,13,14,15). The highest BCUT2D eigenvalue weighted by Crippen LogP contribution is 2.26. The van der Waals surface area contributed by atoms with Gasteiger partial charge in [-0.2, -0.15) is 0 Å². The van der Waals surface area contributed by atoms with Gasteiger partial charge in [0.1, 0.15) is 0 Å². The van der Waals surface area contributed by atoms with Gasteiger partial charge in [0, 0.05) is 4.90 Å². The highest BCUT2D eigenvalue weighted by Gasteiger charge is 2.06. The molecule has 1 aromatic carbocycles. The first-order valence-electron chi connectivity index (χ1n) is 4.37. The molecule has 0 radical (unpaired) electrons. The first-order valence-corrected chi connectivity index (χ1v) is 5.25. The van der Waals surface area contributed by atoms with Crippen LogP contribution in [-0.2, 0) is 0 Å². The number of hydrogen-bond acceptors (Lipinski definition) is 3. The van der Waals surface area contributed by atoms with Crippen LogP contribution in [0.1, 0.15) is 0 Å². The van der Waals surface area contributed by atoms with Crippen molar-refractivity contribution in [1.82, 2.24) is 5.32 Å². The Morgan fingerprint density at radius 3 is 2.69 bits per heavy atom. The van der Waals surface area contributed by atoms with E-state index in [0.717, 1.165) is 4.90 Å². The van der Waals surface area contributed by atoms with Gasteiger partial charge in [-0.25, -0.2) is 9.59 Å².